The van der Waals surface area contributed by atoms with Gasteiger partial charge in [0.25, 0.3) is 5.91 Å². The minimum Gasteiger partial charge on any atom is -0.462 e. The molecule has 0 fully saturated rings. The second kappa shape index (κ2) is 7.83. The van der Waals surface area contributed by atoms with E-state index in [0.29, 0.717) is 16.8 Å². The van der Waals surface area contributed by atoms with Crippen molar-refractivity contribution >= 4 is 17.6 Å². The lowest BCUT2D eigenvalue weighted by atomic mass is 9.85. The highest BCUT2D eigenvalue weighted by Crippen LogP contribution is 2.23. The van der Waals surface area contributed by atoms with Gasteiger partial charge in [-0.15, -0.1) is 0 Å². The SMILES string of the molecule is CCOC(=O)c1cc(NC(=O)c2cccc(C(C)(C)C#N)c2)ccc1C. The number of carbonyl (C=O) groups excluding carboxylic acids is 2. The molecule has 0 saturated heterocycles. The van der Waals surface area contributed by atoms with Gasteiger partial charge < -0.3 is 10.1 Å². The molecule has 0 spiro atoms. The highest BCUT2D eigenvalue weighted by molar-refractivity contribution is 6.05. The van der Waals surface area contributed by atoms with Gasteiger partial charge in [-0.1, -0.05) is 18.2 Å². The number of amides is 1. The number of ether oxygens (including phenoxy) is 1. The molecule has 5 nitrogen and oxygen atoms in total. The second-order valence-electron chi connectivity index (χ2n) is 6.52. The number of hydrogen-bond donors (Lipinski definition) is 1. The first-order valence-electron chi connectivity index (χ1n) is 8.39. The number of nitriles is 1. The van der Waals surface area contributed by atoms with Gasteiger partial charge in [-0.2, -0.15) is 5.26 Å². The third-order valence-electron chi connectivity index (χ3n) is 4.12. The maximum absolute atomic E-state index is 12.6. The highest BCUT2D eigenvalue weighted by atomic mass is 16.5. The van der Waals surface area contributed by atoms with Crippen molar-refractivity contribution in [1.82, 2.24) is 0 Å². The van der Waals surface area contributed by atoms with E-state index < -0.39 is 11.4 Å². The van der Waals surface area contributed by atoms with Gasteiger partial charge in [0, 0.05) is 11.3 Å². The van der Waals surface area contributed by atoms with Crippen LogP contribution in [0.3, 0.4) is 0 Å². The summed E-state index contributed by atoms with van der Waals surface area (Å²) in [4.78, 5) is 24.6. The van der Waals surface area contributed by atoms with Crippen molar-refractivity contribution < 1.29 is 14.3 Å². The summed E-state index contributed by atoms with van der Waals surface area (Å²) in [6.07, 6.45) is 0. The highest BCUT2D eigenvalue weighted by Gasteiger charge is 2.21. The van der Waals surface area contributed by atoms with Gasteiger partial charge in [-0.05, 0) is 63.1 Å². The molecule has 0 unspecified atom stereocenters. The molecule has 2 aromatic carbocycles. The Bertz CT molecular complexity index is 879. The predicted octanol–water partition coefficient (Wildman–Crippen LogP) is 4.23. The standard InChI is InChI=1S/C21H22N2O3/c1-5-26-20(25)18-12-17(10-9-14(18)2)23-19(24)15-7-6-8-16(11-15)21(3,4)13-22/h6-12H,5H2,1-4H3,(H,23,24). The number of hydrogen-bond acceptors (Lipinski definition) is 4. The van der Waals surface area contributed by atoms with Crippen LogP contribution in [-0.2, 0) is 10.2 Å². The van der Waals surface area contributed by atoms with E-state index in [1.54, 1.807) is 57.2 Å². The molecule has 0 aromatic heterocycles. The second-order valence-corrected chi connectivity index (χ2v) is 6.52. The van der Waals surface area contributed by atoms with Crippen LogP contribution in [0.2, 0.25) is 0 Å². The third kappa shape index (κ3) is 4.28. The Kier molecular flexibility index (Phi) is 5.78. The summed E-state index contributed by atoms with van der Waals surface area (Å²) in [5.41, 5.74) is 2.24. The molecule has 0 aliphatic carbocycles. The average Bonchev–Trinajstić information content (AvgIpc) is 2.63. The van der Waals surface area contributed by atoms with Crippen LogP contribution in [0.4, 0.5) is 5.69 Å². The zero-order valence-electron chi connectivity index (χ0n) is 15.4. The molecule has 0 aliphatic heterocycles. The third-order valence-corrected chi connectivity index (χ3v) is 4.12. The smallest absolute Gasteiger partial charge is 0.338 e. The summed E-state index contributed by atoms with van der Waals surface area (Å²) in [6, 6.07) is 14.3. The van der Waals surface area contributed by atoms with Gasteiger partial charge in [0.05, 0.1) is 23.7 Å². The Balaban J connectivity index is 2.26. The van der Waals surface area contributed by atoms with Crippen molar-refractivity contribution in [1.29, 1.82) is 5.26 Å². The van der Waals surface area contributed by atoms with Crippen LogP contribution in [0.25, 0.3) is 0 Å². The molecule has 0 radical (unpaired) electrons. The number of nitrogens with zero attached hydrogens (tertiary/aromatic N) is 1. The van der Waals surface area contributed by atoms with E-state index in [0.717, 1.165) is 11.1 Å². The van der Waals surface area contributed by atoms with E-state index in [1.165, 1.54) is 0 Å². The zero-order valence-corrected chi connectivity index (χ0v) is 15.4. The molecule has 2 rings (SSSR count). The Morgan fingerprint density at radius 1 is 1.19 bits per heavy atom. The summed E-state index contributed by atoms with van der Waals surface area (Å²) < 4.78 is 5.04. The van der Waals surface area contributed by atoms with Crippen molar-refractivity contribution in [3.8, 4) is 6.07 Å². The largest absolute Gasteiger partial charge is 0.462 e. The minimum absolute atomic E-state index is 0.288. The lowest BCUT2D eigenvalue weighted by molar-refractivity contribution is 0.0525. The van der Waals surface area contributed by atoms with Gasteiger partial charge in [-0.3, -0.25) is 4.79 Å². The number of aryl methyl sites for hydroxylation is 1. The number of benzene rings is 2. The van der Waals surface area contributed by atoms with Crippen LogP contribution < -0.4 is 5.32 Å². The Hall–Kier alpha value is -3.13. The van der Waals surface area contributed by atoms with E-state index in [-0.39, 0.29) is 12.5 Å². The molecule has 0 bridgehead atoms. The van der Waals surface area contributed by atoms with Gasteiger partial charge in [-0.25, -0.2) is 4.79 Å². The van der Waals surface area contributed by atoms with Crippen molar-refractivity contribution in [3.63, 3.8) is 0 Å². The number of carbonyl (C=O) groups is 2. The molecular formula is C21H22N2O3. The molecule has 1 N–H and O–H groups in total. The van der Waals surface area contributed by atoms with E-state index in [1.807, 2.05) is 13.0 Å². The summed E-state index contributed by atoms with van der Waals surface area (Å²) in [7, 11) is 0. The molecular weight excluding hydrogens is 328 g/mol. The fourth-order valence-corrected chi connectivity index (χ4v) is 2.45. The fraction of sp³-hybridized carbons (Fsp3) is 0.286. The zero-order chi connectivity index (χ0) is 19.3. The van der Waals surface area contributed by atoms with Crippen LogP contribution in [0.5, 0.6) is 0 Å². The quantitative estimate of drug-likeness (QED) is 0.819. The van der Waals surface area contributed by atoms with Crippen molar-refractivity contribution in [2.75, 3.05) is 11.9 Å². The molecule has 134 valence electrons. The summed E-state index contributed by atoms with van der Waals surface area (Å²) in [5, 5.41) is 12.1. The van der Waals surface area contributed by atoms with Gasteiger partial charge >= 0.3 is 5.97 Å². The number of nitrogens with one attached hydrogen (secondary N) is 1. The normalized spacial score (nSPS) is 10.7. The monoisotopic (exact) mass is 350 g/mol. The van der Waals surface area contributed by atoms with Crippen LogP contribution in [0, 0.1) is 18.3 Å². The minimum atomic E-state index is -0.683. The first kappa shape index (κ1) is 19.2. The fourth-order valence-electron chi connectivity index (χ4n) is 2.45. The number of rotatable bonds is 5. The topological polar surface area (TPSA) is 79.2 Å². The van der Waals surface area contributed by atoms with Crippen LogP contribution in [-0.4, -0.2) is 18.5 Å². The van der Waals surface area contributed by atoms with Gasteiger partial charge in [0.15, 0.2) is 0 Å². The summed E-state index contributed by atoms with van der Waals surface area (Å²) in [6.45, 7) is 7.45. The Morgan fingerprint density at radius 2 is 1.92 bits per heavy atom. The molecule has 0 atom stereocenters. The Labute approximate surface area is 153 Å². The maximum Gasteiger partial charge on any atom is 0.338 e. The molecule has 1 amide bonds. The van der Waals surface area contributed by atoms with Crippen LogP contribution >= 0.6 is 0 Å². The molecule has 0 heterocycles. The van der Waals surface area contributed by atoms with Crippen molar-refractivity contribution in [2.45, 2.75) is 33.1 Å². The lowest BCUT2D eigenvalue weighted by Crippen LogP contribution is -2.17. The van der Waals surface area contributed by atoms with Gasteiger partial charge in [0.2, 0.25) is 0 Å². The molecule has 0 aliphatic rings. The van der Waals surface area contributed by atoms with Crippen LogP contribution in [0.15, 0.2) is 42.5 Å². The first-order valence-corrected chi connectivity index (χ1v) is 8.39. The molecule has 0 saturated carbocycles. The number of anilines is 1. The summed E-state index contributed by atoms with van der Waals surface area (Å²) in [5.74, 6) is -0.724. The van der Waals surface area contributed by atoms with Crippen LogP contribution in [0.1, 0.15) is 52.6 Å². The molecule has 5 heteroatoms. The van der Waals surface area contributed by atoms with Crippen molar-refractivity contribution in [3.05, 3.63) is 64.7 Å². The molecule has 2 aromatic rings. The van der Waals surface area contributed by atoms with Crippen molar-refractivity contribution in [2.24, 2.45) is 0 Å². The van der Waals surface area contributed by atoms with E-state index in [4.69, 9.17) is 4.74 Å². The average molecular weight is 350 g/mol. The first-order chi connectivity index (χ1) is 12.3. The number of esters is 1. The summed E-state index contributed by atoms with van der Waals surface area (Å²) >= 11 is 0. The Morgan fingerprint density at radius 3 is 2.58 bits per heavy atom. The maximum atomic E-state index is 12.6. The molecule has 26 heavy (non-hydrogen) atoms. The predicted molar refractivity (Wildman–Crippen MR) is 100 cm³/mol. The van der Waals surface area contributed by atoms with Gasteiger partial charge in [0.1, 0.15) is 0 Å². The van der Waals surface area contributed by atoms with E-state index in [2.05, 4.69) is 11.4 Å². The lowest BCUT2D eigenvalue weighted by Gasteiger charge is -2.16. The van der Waals surface area contributed by atoms with E-state index in [9.17, 15) is 14.9 Å². The van der Waals surface area contributed by atoms with E-state index >= 15 is 0 Å².